The maximum atomic E-state index is 12.5. The van der Waals surface area contributed by atoms with Crippen LogP contribution in [0.25, 0.3) is 11.0 Å². The number of aryl methyl sites for hydroxylation is 1. The molecule has 22 heavy (non-hydrogen) atoms. The topological polar surface area (TPSA) is 62.6 Å². The Morgan fingerprint density at radius 1 is 1.23 bits per heavy atom. The van der Waals surface area contributed by atoms with Gasteiger partial charge in [-0.1, -0.05) is 18.2 Å². The van der Waals surface area contributed by atoms with Gasteiger partial charge in [-0.3, -0.25) is 9.59 Å². The minimum absolute atomic E-state index is 0.00735. The lowest BCUT2D eigenvalue weighted by Crippen LogP contribution is -2.46. The number of rotatable bonds is 3. The molecule has 1 N–H and O–H groups in total. The van der Waals surface area contributed by atoms with Crippen molar-refractivity contribution in [1.29, 1.82) is 0 Å². The minimum atomic E-state index is -0.323. The summed E-state index contributed by atoms with van der Waals surface area (Å²) in [7, 11) is 1.59. The van der Waals surface area contributed by atoms with E-state index in [1.165, 1.54) is 4.90 Å². The Hall–Kier alpha value is -2.30. The van der Waals surface area contributed by atoms with Gasteiger partial charge >= 0.3 is 0 Å². The number of benzene rings is 1. The van der Waals surface area contributed by atoms with Gasteiger partial charge in [0.15, 0.2) is 5.76 Å². The molecule has 0 unspecified atom stereocenters. The molecule has 0 spiro atoms. The fourth-order valence-electron chi connectivity index (χ4n) is 2.30. The summed E-state index contributed by atoms with van der Waals surface area (Å²) >= 11 is 0. The van der Waals surface area contributed by atoms with Crippen LogP contribution in [0.2, 0.25) is 0 Å². The second kappa shape index (κ2) is 5.83. The Morgan fingerprint density at radius 2 is 1.86 bits per heavy atom. The largest absolute Gasteiger partial charge is 0.451 e. The Morgan fingerprint density at radius 3 is 2.45 bits per heavy atom. The van der Waals surface area contributed by atoms with Crippen molar-refractivity contribution in [1.82, 2.24) is 10.2 Å². The molecule has 0 atom stereocenters. The molecule has 5 nitrogen and oxygen atoms in total. The molecule has 1 aromatic carbocycles. The van der Waals surface area contributed by atoms with Crippen LogP contribution < -0.4 is 5.32 Å². The van der Waals surface area contributed by atoms with E-state index in [4.69, 9.17) is 4.42 Å². The van der Waals surface area contributed by atoms with E-state index in [0.29, 0.717) is 5.58 Å². The Bertz CT molecular complexity index is 710. The van der Waals surface area contributed by atoms with E-state index in [1.807, 2.05) is 52.0 Å². The van der Waals surface area contributed by atoms with Crippen LogP contribution in [0.1, 0.15) is 36.9 Å². The number of hydrogen-bond acceptors (Lipinski definition) is 3. The number of likely N-dealkylation sites (N-methyl/N-ethyl adjacent to an activating group) is 1. The zero-order valence-corrected chi connectivity index (χ0v) is 13.7. The van der Waals surface area contributed by atoms with Crippen molar-refractivity contribution >= 4 is 22.8 Å². The summed E-state index contributed by atoms with van der Waals surface area (Å²) in [5, 5.41) is 3.75. The molecule has 0 saturated heterocycles. The molecule has 0 saturated carbocycles. The second-order valence-electron chi connectivity index (χ2n) is 6.51. The van der Waals surface area contributed by atoms with Gasteiger partial charge in [-0.15, -0.1) is 0 Å². The summed E-state index contributed by atoms with van der Waals surface area (Å²) < 4.78 is 5.64. The molecule has 0 fully saturated rings. The van der Waals surface area contributed by atoms with Crippen molar-refractivity contribution in [3.8, 4) is 0 Å². The van der Waals surface area contributed by atoms with Crippen molar-refractivity contribution in [3.05, 3.63) is 35.6 Å². The molecule has 2 aromatic rings. The molecule has 118 valence electrons. The molecule has 0 aliphatic heterocycles. The molecule has 0 aliphatic carbocycles. The van der Waals surface area contributed by atoms with Crippen LogP contribution in [-0.4, -0.2) is 35.8 Å². The van der Waals surface area contributed by atoms with Crippen LogP contribution in [0.15, 0.2) is 28.7 Å². The first-order valence-electron chi connectivity index (χ1n) is 7.23. The summed E-state index contributed by atoms with van der Waals surface area (Å²) in [5.74, 6) is -0.206. The summed E-state index contributed by atoms with van der Waals surface area (Å²) in [6.07, 6.45) is 0. The lowest BCUT2D eigenvalue weighted by atomic mass is 10.1. The molecule has 2 amide bonds. The molecular formula is C17H22N2O3. The highest BCUT2D eigenvalue weighted by molar-refractivity contribution is 6.00. The maximum Gasteiger partial charge on any atom is 0.290 e. The number of nitrogens with zero attached hydrogens (tertiary/aromatic N) is 1. The molecule has 1 heterocycles. The third-order valence-corrected chi connectivity index (χ3v) is 3.28. The summed E-state index contributed by atoms with van der Waals surface area (Å²) in [6.45, 7) is 7.54. The molecule has 2 rings (SSSR count). The number of fused-ring (bicyclic) bond motifs is 1. The standard InChI is InChI=1S/C17H22N2O3/c1-11-12-8-6-7-9-13(12)22-15(11)16(21)19(5)10-14(20)18-17(2,3)4/h6-9H,10H2,1-5H3,(H,18,20). The van der Waals surface area contributed by atoms with Gasteiger partial charge < -0.3 is 14.6 Å². The number of amides is 2. The second-order valence-corrected chi connectivity index (χ2v) is 6.51. The molecule has 1 aromatic heterocycles. The van der Waals surface area contributed by atoms with Gasteiger partial charge in [0.2, 0.25) is 5.91 Å². The highest BCUT2D eigenvalue weighted by atomic mass is 16.3. The highest BCUT2D eigenvalue weighted by Gasteiger charge is 2.23. The smallest absolute Gasteiger partial charge is 0.290 e. The summed E-state index contributed by atoms with van der Waals surface area (Å²) in [6, 6.07) is 7.50. The first-order chi connectivity index (χ1) is 10.2. The van der Waals surface area contributed by atoms with E-state index >= 15 is 0 Å². The van der Waals surface area contributed by atoms with Gasteiger partial charge in [-0.2, -0.15) is 0 Å². The Labute approximate surface area is 130 Å². The van der Waals surface area contributed by atoms with E-state index in [0.717, 1.165) is 10.9 Å². The van der Waals surface area contributed by atoms with Crippen molar-refractivity contribution in [2.24, 2.45) is 0 Å². The van der Waals surface area contributed by atoms with Crippen LogP contribution >= 0.6 is 0 Å². The average molecular weight is 302 g/mol. The average Bonchev–Trinajstić information content (AvgIpc) is 2.73. The number of carbonyl (C=O) groups excluding carboxylic acids is 2. The number of nitrogens with one attached hydrogen (secondary N) is 1. The zero-order valence-electron chi connectivity index (χ0n) is 13.7. The normalized spacial score (nSPS) is 11.5. The molecule has 0 radical (unpaired) electrons. The van der Waals surface area contributed by atoms with Gasteiger partial charge in [0, 0.05) is 23.5 Å². The van der Waals surface area contributed by atoms with Gasteiger partial charge in [-0.25, -0.2) is 0 Å². The Balaban J connectivity index is 2.16. The quantitative estimate of drug-likeness (QED) is 0.948. The third kappa shape index (κ3) is 3.47. The van der Waals surface area contributed by atoms with E-state index in [2.05, 4.69) is 5.32 Å². The van der Waals surface area contributed by atoms with Crippen molar-refractivity contribution in [3.63, 3.8) is 0 Å². The maximum absolute atomic E-state index is 12.5. The van der Waals surface area contributed by atoms with Crippen molar-refractivity contribution < 1.29 is 14.0 Å². The van der Waals surface area contributed by atoms with Crippen LogP contribution in [0.4, 0.5) is 0 Å². The number of hydrogen-bond donors (Lipinski definition) is 1. The number of furan rings is 1. The van der Waals surface area contributed by atoms with Gasteiger partial charge in [0.05, 0.1) is 6.54 Å². The molecule has 5 heteroatoms. The minimum Gasteiger partial charge on any atom is -0.451 e. The first-order valence-corrected chi connectivity index (χ1v) is 7.23. The summed E-state index contributed by atoms with van der Waals surface area (Å²) in [5.41, 5.74) is 1.15. The van der Waals surface area contributed by atoms with Crippen LogP contribution in [0.5, 0.6) is 0 Å². The third-order valence-electron chi connectivity index (χ3n) is 3.28. The Kier molecular flexibility index (Phi) is 4.26. The SMILES string of the molecule is Cc1c(C(=O)N(C)CC(=O)NC(C)(C)C)oc2ccccc12. The predicted molar refractivity (Wildman–Crippen MR) is 85.8 cm³/mol. The number of para-hydroxylation sites is 1. The highest BCUT2D eigenvalue weighted by Crippen LogP contribution is 2.25. The molecule has 0 bridgehead atoms. The fourth-order valence-corrected chi connectivity index (χ4v) is 2.30. The lowest BCUT2D eigenvalue weighted by molar-refractivity contribution is -0.122. The van der Waals surface area contributed by atoms with E-state index in [1.54, 1.807) is 7.05 Å². The molecular weight excluding hydrogens is 280 g/mol. The van der Waals surface area contributed by atoms with Crippen LogP contribution in [0.3, 0.4) is 0 Å². The lowest BCUT2D eigenvalue weighted by Gasteiger charge is -2.23. The monoisotopic (exact) mass is 302 g/mol. The molecule has 0 aliphatic rings. The van der Waals surface area contributed by atoms with Gasteiger partial charge in [-0.05, 0) is 33.8 Å². The van der Waals surface area contributed by atoms with Gasteiger partial charge in [0.25, 0.3) is 5.91 Å². The van der Waals surface area contributed by atoms with Crippen LogP contribution in [0, 0.1) is 6.92 Å². The van der Waals surface area contributed by atoms with Crippen molar-refractivity contribution in [2.75, 3.05) is 13.6 Å². The first kappa shape index (κ1) is 16.1. The van der Waals surface area contributed by atoms with E-state index in [-0.39, 0.29) is 29.7 Å². The van der Waals surface area contributed by atoms with E-state index < -0.39 is 0 Å². The van der Waals surface area contributed by atoms with Gasteiger partial charge in [0.1, 0.15) is 5.58 Å². The van der Waals surface area contributed by atoms with E-state index in [9.17, 15) is 9.59 Å². The van der Waals surface area contributed by atoms with Crippen molar-refractivity contribution in [2.45, 2.75) is 33.2 Å². The van der Waals surface area contributed by atoms with Crippen LogP contribution in [-0.2, 0) is 4.79 Å². The zero-order chi connectivity index (χ0) is 16.5. The fraction of sp³-hybridized carbons (Fsp3) is 0.412. The number of carbonyl (C=O) groups is 2. The summed E-state index contributed by atoms with van der Waals surface area (Å²) in [4.78, 5) is 25.8. The predicted octanol–water partition coefficient (Wildman–Crippen LogP) is 2.73.